The first-order valence-corrected chi connectivity index (χ1v) is 5.12. The standard InChI is InChI=1S/C6H12O7.C2H4ClNO/c7-1-2(8)3(9)4(10)5(11)6(12)13;3-1-2(4)5/h2-5,7-11H,1H2,(H,12,13);1H2,(H2,4,5). The van der Waals surface area contributed by atoms with Crippen LogP contribution in [0, 0.1) is 0 Å². The topological polar surface area (TPSA) is 182 Å². The van der Waals surface area contributed by atoms with Gasteiger partial charge in [-0.1, -0.05) is 0 Å². The van der Waals surface area contributed by atoms with E-state index in [1.807, 2.05) is 0 Å². The van der Waals surface area contributed by atoms with Crippen LogP contribution in [0.2, 0.25) is 0 Å². The predicted octanol–water partition coefficient (Wildman–Crippen LogP) is -3.78. The largest absolute Gasteiger partial charge is 0.479 e. The smallest absolute Gasteiger partial charge is 0.335 e. The quantitative estimate of drug-likeness (QED) is 0.243. The first-order valence-electron chi connectivity index (χ1n) is 4.59. The van der Waals surface area contributed by atoms with Gasteiger partial charge in [-0.25, -0.2) is 4.79 Å². The minimum absolute atomic E-state index is 0.0833. The maximum atomic E-state index is 10.1. The van der Waals surface area contributed by atoms with E-state index in [0.29, 0.717) is 0 Å². The summed E-state index contributed by atoms with van der Waals surface area (Å²) in [5.41, 5.74) is 4.52. The zero-order valence-corrected chi connectivity index (χ0v) is 9.93. The third-order valence-corrected chi connectivity index (χ3v) is 1.90. The van der Waals surface area contributed by atoms with Crippen LogP contribution in [-0.2, 0) is 9.59 Å². The van der Waals surface area contributed by atoms with Crippen molar-refractivity contribution in [2.75, 3.05) is 12.5 Å². The van der Waals surface area contributed by atoms with Crippen LogP contribution in [-0.4, -0.2) is 79.4 Å². The van der Waals surface area contributed by atoms with E-state index >= 15 is 0 Å². The Bertz CT molecular complexity index is 263. The van der Waals surface area contributed by atoms with Crippen LogP contribution >= 0.6 is 11.6 Å². The van der Waals surface area contributed by atoms with E-state index in [4.69, 9.17) is 42.2 Å². The molecule has 0 aliphatic carbocycles. The van der Waals surface area contributed by atoms with Crippen molar-refractivity contribution in [3.05, 3.63) is 0 Å². The summed E-state index contributed by atoms with van der Waals surface area (Å²) in [6.07, 6.45) is -7.84. The van der Waals surface area contributed by atoms with E-state index < -0.39 is 42.9 Å². The second-order valence-corrected chi connectivity index (χ2v) is 3.38. The first kappa shape index (κ1) is 19.4. The van der Waals surface area contributed by atoms with E-state index in [2.05, 4.69) is 5.73 Å². The number of hydrogen-bond donors (Lipinski definition) is 7. The van der Waals surface area contributed by atoms with Crippen molar-refractivity contribution >= 4 is 23.5 Å². The van der Waals surface area contributed by atoms with Gasteiger partial charge in [0, 0.05) is 0 Å². The van der Waals surface area contributed by atoms with Crippen molar-refractivity contribution in [1.29, 1.82) is 0 Å². The van der Waals surface area contributed by atoms with Gasteiger partial charge in [0.15, 0.2) is 6.10 Å². The fraction of sp³-hybridized carbons (Fsp3) is 0.750. The van der Waals surface area contributed by atoms with Gasteiger partial charge < -0.3 is 36.4 Å². The number of amides is 1. The minimum Gasteiger partial charge on any atom is -0.479 e. The number of carboxylic acids is 1. The number of aliphatic hydroxyl groups excluding tert-OH is 5. The summed E-state index contributed by atoms with van der Waals surface area (Å²) in [7, 11) is 0. The molecule has 0 radical (unpaired) electrons. The Morgan fingerprint density at radius 2 is 1.50 bits per heavy atom. The van der Waals surface area contributed by atoms with Crippen LogP contribution in [0.15, 0.2) is 0 Å². The molecule has 8 N–H and O–H groups in total. The molecule has 0 heterocycles. The van der Waals surface area contributed by atoms with Gasteiger partial charge in [-0.15, -0.1) is 11.6 Å². The number of carbonyl (C=O) groups excluding carboxylic acids is 1. The molecular weight excluding hydrogens is 274 g/mol. The van der Waals surface area contributed by atoms with Crippen LogP contribution in [0.25, 0.3) is 0 Å². The van der Waals surface area contributed by atoms with Gasteiger partial charge in [-0.3, -0.25) is 4.79 Å². The summed E-state index contributed by atoms with van der Waals surface area (Å²) in [5, 5.41) is 51.8. The number of aliphatic hydroxyl groups is 5. The number of hydrogen-bond acceptors (Lipinski definition) is 7. The van der Waals surface area contributed by atoms with E-state index in [0.717, 1.165) is 0 Å². The summed E-state index contributed by atoms with van der Waals surface area (Å²) >= 11 is 4.86. The number of nitrogens with two attached hydrogens (primary N) is 1. The number of halogens is 1. The second-order valence-electron chi connectivity index (χ2n) is 3.11. The number of alkyl halides is 1. The molecule has 0 aliphatic rings. The lowest BCUT2D eigenvalue weighted by molar-refractivity contribution is -0.164. The minimum atomic E-state index is -2.20. The van der Waals surface area contributed by atoms with Gasteiger partial charge in [-0.05, 0) is 0 Å². The number of aliphatic carboxylic acids is 1. The zero-order valence-electron chi connectivity index (χ0n) is 9.18. The maximum absolute atomic E-state index is 10.1. The molecule has 0 aromatic heterocycles. The third-order valence-electron chi connectivity index (χ3n) is 1.64. The molecule has 0 aliphatic heterocycles. The van der Waals surface area contributed by atoms with Gasteiger partial charge in [0.1, 0.15) is 24.2 Å². The Hall–Kier alpha value is -0.970. The van der Waals surface area contributed by atoms with Crippen molar-refractivity contribution in [1.82, 2.24) is 0 Å². The average Bonchev–Trinajstić information content (AvgIpc) is 2.35. The van der Waals surface area contributed by atoms with Crippen LogP contribution in [0.5, 0.6) is 0 Å². The molecule has 0 saturated heterocycles. The fourth-order valence-corrected chi connectivity index (χ4v) is 0.668. The van der Waals surface area contributed by atoms with Crippen LogP contribution < -0.4 is 5.73 Å². The molecule has 1 amide bonds. The Labute approximate surface area is 107 Å². The van der Waals surface area contributed by atoms with Gasteiger partial charge in [0.05, 0.1) is 6.61 Å². The molecule has 4 unspecified atom stereocenters. The highest BCUT2D eigenvalue weighted by Crippen LogP contribution is 2.04. The van der Waals surface area contributed by atoms with E-state index in [-0.39, 0.29) is 5.88 Å². The van der Waals surface area contributed by atoms with Crippen molar-refractivity contribution in [3.63, 3.8) is 0 Å². The Balaban J connectivity index is 0. The van der Waals surface area contributed by atoms with Crippen LogP contribution in [0.3, 0.4) is 0 Å². The molecule has 9 nitrogen and oxygen atoms in total. The van der Waals surface area contributed by atoms with E-state index in [1.54, 1.807) is 0 Å². The van der Waals surface area contributed by atoms with Crippen molar-refractivity contribution in [2.24, 2.45) is 5.73 Å². The molecule has 0 rings (SSSR count). The molecule has 18 heavy (non-hydrogen) atoms. The van der Waals surface area contributed by atoms with Crippen LogP contribution in [0.1, 0.15) is 0 Å². The molecule has 108 valence electrons. The number of carboxylic acid groups (broad SMARTS) is 1. The monoisotopic (exact) mass is 289 g/mol. The van der Waals surface area contributed by atoms with Crippen molar-refractivity contribution in [3.8, 4) is 0 Å². The predicted molar refractivity (Wildman–Crippen MR) is 58.7 cm³/mol. The molecule has 10 heteroatoms. The summed E-state index contributed by atoms with van der Waals surface area (Å²) in [5.74, 6) is -2.29. The maximum Gasteiger partial charge on any atom is 0.335 e. The van der Waals surface area contributed by atoms with Crippen LogP contribution in [0.4, 0.5) is 0 Å². The highest BCUT2D eigenvalue weighted by molar-refractivity contribution is 6.27. The van der Waals surface area contributed by atoms with E-state index in [1.165, 1.54) is 0 Å². The summed E-state index contributed by atoms with van der Waals surface area (Å²) in [4.78, 5) is 19.5. The molecular formula is C8H16ClNO8. The Morgan fingerprint density at radius 3 is 1.72 bits per heavy atom. The Kier molecular flexibility index (Phi) is 10.8. The second kappa shape index (κ2) is 10.00. The summed E-state index contributed by atoms with van der Waals surface area (Å²) < 4.78 is 0. The highest BCUT2D eigenvalue weighted by atomic mass is 35.5. The summed E-state index contributed by atoms with van der Waals surface area (Å²) in [6, 6.07) is 0. The third kappa shape index (κ3) is 8.17. The molecule has 0 aromatic rings. The fourth-order valence-electron chi connectivity index (χ4n) is 0.668. The molecule has 0 spiro atoms. The van der Waals surface area contributed by atoms with Gasteiger partial charge in [0.2, 0.25) is 5.91 Å². The number of primary amides is 1. The van der Waals surface area contributed by atoms with Gasteiger partial charge >= 0.3 is 5.97 Å². The molecule has 0 bridgehead atoms. The average molecular weight is 290 g/mol. The normalized spacial score (nSPS) is 16.8. The Morgan fingerprint density at radius 1 is 1.11 bits per heavy atom. The van der Waals surface area contributed by atoms with Gasteiger partial charge in [0.25, 0.3) is 0 Å². The molecule has 0 fully saturated rings. The zero-order chi connectivity index (χ0) is 14.9. The SMILES string of the molecule is NC(=O)CCl.O=C(O)C(O)C(O)C(O)C(O)CO. The lowest BCUT2D eigenvalue weighted by atomic mass is 10.0. The lowest BCUT2D eigenvalue weighted by Gasteiger charge is -2.23. The highest BCUT2D eigenvalue weighted by Gasteiger charge is 2.33. The van der Waals surface area contributed by atoms with Crippen molar-refractivity contribution in [2.45, 2.75) is 24.4 Å². The van der Waals surface area contributed by atoms with E-state index in [9.17, 15) is 9.59 Å². The first-order chi connectivity index (χ1) is 8.18. The number of carbonyl (C=O) groups is 2. The lowest BCUT2D eigenvalue weighted by Crippen LogP contribution is -2.48. The molecule has 0 aromatic carbocycles. The van der Waals surface area contributed by atoms with Crippen molar-refractivity contribution < 1.29 is 40.2 Å². The molecule has 0 saturated carbocycles. The summed E-state index contributed by atoms with van der Waals surface area (Å²) in [6.45, 7) is -0.843. The van der Waals surface area contributed by atoms with Gasteiger partial charge in [-0.2, -0.15) is 0 Å². The number of rotatable bonds is 6. The molecule has 4 atom stereocenters.